The van der Waals surface area contributed by atoms with Gasteiger partial charge in [0.2, 0.25) is 0 Å². The van der Waals surface area contributed by atoms with E-state index in [0.717, 1.165) is 79.8 Å². The molecule has 1 aromatic heterocycles. The Labute approximate surface area is 165 Å². The third kappa shape index (κ3) is 5.86. The Hall–Kier alpha value is -1.76. The second-order valence-corrected chi connectivity index (χ2v) is 8.06. The average Bonchev–Trinajstić information content (AvgIpc) is 3.07. The van der Waals surface area contributed by atoms with Crippen molar-refractivity contribution in [3.63, 3.8) is 0 Å². The Kier molecular flexibility index (Phi) is 7.38. The standard InChI is InChI=1S/C21H29N3O2S/c1-3-4-5-19-22-16(2)20(27-19)21(25)23-18-8-6-17(7-9-18)10-11-24-12-14-26-15-13-24/h6-9H,3-5,10-15H2,1-2H3,(H,23,25). The van der Waals surface area contributed by atoms with Crippen molar-refractivity contribution in [2.45, 2.75) is 39.5 Å². The molecule has 5 nitrogen and oxygen atoms in total. The van der Waals surface area contributed by atoms with E-state index in [2.05, 4.69) is 34.3 Å². The van der Waals surface area contributed by atoms with Crippen LogP contribution in [0, 0.1) is 6.92 Å². The Bertz CT molecular complexity index is 736. The summed E-state index contributed by atoms with van der Waals surface area (Å²) < 4.78 is 5.38. The second-order valence-electron chi connectivity index (χ2n) is 6.98. The molecule has 0 atom stereocenters. The number of morpholine rings is 1. The number of rotatable bonds is 8. The zero-order valence-corrected chi connectivity index (χ0v) is 17.1. The van der Waals surface area contributed by atoms with E-state index in [1.54, 1.807) is 0 Å². The van der Waals surface area contributed by atoms with Crippen LogP contribution >= 0.6 is 11.3 Å². The van der Waals surface area contributed by atoms with Crippen LogP contribution in [-0.4, -0.2) is 48.6 Å². The fourth-order valence-electron chi connectivity index (χ4n) is 3.15. The highest BCUT2D eigenvalue weighted by Gasteiger charge is 2.15. The molecule has 2 aromatic rings. The van der Waals surface area contributed by atoms with Crippen molar-refractivity contribution in [2.24, 2.45) is 0 Å². The minimum Gasteiger partial charge on any atom is -0.379 e. The lowest BCUT2D eigenvalue weighted by Gasteiger charge is -2.26. The highest BCUT2D eigenvalue weighted by atomic mass is 32.1. The van der Waals surface area contributed by atoms with Gasteiger partial charge >= 0.3 is 0 Å². The molecule has 1 aromatic carbocycles. The number of ether oxygens (including phenoxy) is 1. The summed E-state index contributed by atoms with van der Waals surface area (Å²) in [7, 11) is 0. The first kappa shape index (κ1) is 20.0. The van der Waals surface area contributed by atoms with Gasteiger partial charge in [-0.15, -0.1) is 11.3 Å². The molecule has 2 heterocycles. The van der Waals surface area contributed by atoms with E-state index in [0.29, 0.717) is 0 Å². The zero-order chi connectivity index (χ0) is 19.1. The van der Waals surface area contributed by atoms with Crippen LogP contribution in [0.2, 0.25) is 0 Å². The van der Waals surface area contributed by atoms with E-state index in [9.17, 15) is 4.79 Å². The molecule has 0 unspecified atom stereocenters. The number of aromatic nitrogens is 1. The van der Waals surface area contributed by atoms with Gasteiger partial charge in [-0.1, -0.05) is 25.5 Å². The third-order valence-corrected chi connectivity index (χ3v) is 6.04. The summed E-state index contributed by atoms with van der Waals surface area (Å²) >= 11 is 1.51. The first-order valence-corrected chi connectivity index (χ1v) is 10.6. The lowest BCUT2D eigenvalue weighted by molar-refractivity contribution is 0.0384. The van der Waals surface area contributed by atoms with Crippen LogP contribution in [0.25, 0.3) is 0 Å². The van der Waals surface area contributed by atoms with Gasteiger partial charge in [0, 0.05) is 25.3 Å². The minimum atomic E-state index is -0.0613. The molecule has 3 rings (SSSR count). The predicted molar refractivity (Wildman–Crippen MR) is 111 cm³/mol. The number of unbranched alkanes of at least 4 members (excludes halogenated alkanes) is 1. The Morgan fingerprint density at radius 2 is 1.96 bits per heavy atom. The van der Waals surface area contributed by atoms with Crippen LogP contribution in [-0.2, 0) is 17.6 Å². The van der Waals surface area contributed by atoms with Crippen LogP contribution in [0.4, 0.5) is 5.69 Å². The molecular formula is C21H29N3O2S. The van der Waals surface area contributed by atoms with E-state index < -0.39 is 0 Å². The summed E-state index contributed by atoms with van der Waals surface area (Å²) in [6, 6.07) is 8.17. The van der Waals surface area contributed by atoms with Gasteiger partial charge in [0.25, 0.3) is 5.91 Å². The summed E-state index contributed by atoms with van der Waals surface area (Å²) in [5.41, 5.74) is 2.94. The molecule has 0 saturated carbocycles. The monoisotopic (exact) mass is 387 g/mol. The summed E-state index contributed by atoms with van der Waals surface area (Å²) in [4.78, 5) is 20.3. The largest absolute Gasteiger partial charge is 0.379 e. The van der Waals surface area contributed by atoms with E-state index in [1.165, 1.54) is 16.9 Å². The molecule has 1 amide bonds. The van der Waals surface area contributed by atoms with Crippen LogP contribution in [0.3, 0.4) is 0 Å². The van der Waals surface area contributed by atoms with E-state index >= 15 is 0 Å². The summed E-state index contributed by atoms with van der Waals surface area (Å²) in [5.74, 6) is -0.0613. The molecule has 1 fully saturated rings. The van der Waals surface area contributed by atoms with Crippen LogP contribution in [0.15, 0.2) is 24.3 Å². The molecule has 0 bridgehead atoms. The molecule has 6 heteroatoms. The summed E-state index contributed by atoms with van der Waals surface area (Å²) in [6.45, 7) is 8.83. The van der Waals surface area contributed by atoms with E-state index in [4.69, 9.17) is 4.74 Å². The first-order chi connectivity index (χ1) is 13.2. The second kappa shape index (κ2) is 9.97. The molecular weight excluding hydrogens is 358 g/mol. The highest BCUT2D eigenvalue weighted by Crippen LogP contribution is 2.21. The van der Waals surface area contributed by atoms with Crippen LogP contribution in [0.1, 0.15) is 45.7 Å². The van der Waals surface area contributed by atoms with Gasteiger partial charge in [-0.05, 0) is 43.9 Å². The molecule has 1 aliphatic heterocycles. The lowest BCUT2D eigenvalue weighted by atomic mass is 10.1. The maximum Gasteiger partial charge on any atom is 0.267 e. The van der Waals surface area contributed by atoms with Crippen molar-refractivity contribution in [3.05, 3.63) is 45.4 Å². The third-order valence-electron chi connectivity index (χ3n) is 4.82. The molecule has 0 aliphatic carbocycles. The summed E-state index contributed by atoms with van der Waals surface area (Å²) in [6.07, 6.45) is 4.22. The van der Waals surface area contributed by atoms with Gasteiger partial charge in [-0.25, -0.2) is 4.98 Å². The van der Waals surface area contributed by atoms with Crippen LogP contribution in [0.5, 0.6) is 0 Å². The minimum absolute atomic E-state index is 0.0613. The number of hydrogen-bond acceptors (Lipinski definition) is 5. The smallest absolute Gasteiger partial charge is 0.267 e. The number of thiazole rings is 1. The predicted octanol–water partition coefficient (Wildman–Crippen LogP) is 3.92. The molecule has 1 saturated heterocycles. The van der Waals surface area contributed by atoms with Crippen molar-refractivity contribution in [3.8, 4) is 0 Å². The molecule has 1 aliphatic rings. The normalized spacial score (nSPS) is 15.0. The van der Waals surface area contributed by atoms with Gasteiger partial charge in [-0.3, -0.25) is 9.69 Å². The van der Waals surface area contributed by atoms with Gasteiger partial charge < -0.3 is 10.1 Å². The van der Waals surface area contributed by atoms with Crippen molar-refractivity contribution in [2.75, 3.05) is 38.2 Å². The maximum absolute atomic E-state index is 12.6. The fraction of sp³-hybridized carbons (Fsp3) is 0.524. The number of nitrogens with one attached hydrogen (secondary N) is 1. The lowest BCUT2D eigenvalue weighted by Crippen LogP contribution is -2.37. The number of aryl methyl sites for hydroxylation is 2. The Balaban J connectivity index is 1.53. The highest BCUT2D eigenvalue weighted by molar-refractivity contribution is 7.13. The van der Waals surface area contributed by atoms with Gasteiger partial charge in [0.05, 0.1) is 23.9 Å². The van der Waals surface area contributed by atoms with E-state index in [-0.39, 0.29) is 5.91 Å². The van der Waals surface area contributed by atoms with Gasteiger partial charge in [0.1, 0.15) is 4.88 Å². The Morgan fingerprint density at radius 1 is 1.22 bits per heavy atom. The molecule has 27 heavy (non-hydrogen) atoms. The zero-order valence-electron chi connectivity index (χ0n) is 16.3. The Morgan fingerprint density at radius 3 is 2.67 bits per heavy atom. The number of carbonyl (C=O) groups is 1. The van der Waals surface area contributed by atoms with Crippen molar-refractivity contribution in [1.29, 1.82) is 0 Å². The molecule has 146 valence electrons. The number of amides is 1. The molecule has 1 N–H and O–H groups in total. The topological polar surface area (TPSA) is 54.5 Å². The van der Waals surface area contributed by atoms with Crippen LogP contribution < -0.4 is 5.32 Å². The molecule has 0 spiro atoms. The number of anilines is 1. The quantitative estimate of drug-likeness (QED) is 0.746. The fourth-order valence-corrected chi connectivity index (χ4v) is 4.15. The van der Waals surface area contributed by atoms with Gasteiger partial charge in [0.15, 0.2) is 0 Å². The SMILES string of the molecule is CCCCc1nc(C)c(C(=O)Nc2ccc(CCN3CCOCC3)cc2)s1. The van der Waals surface area contributed by atoms with E-state index in [1.807, 2.05) is 19.1 Å². The first-order valence-electron chi connectivity index (χ1n) is 9.82. The number of hydrogen-bond donors (Lipinski definition) is 1. The molecule has 0 radical (unpaired) electrons. The number of nitrogens with zero attached hydrogens (tertiary/aromatic N) is 2. The van der Waals surface area contributed by atoms with Crippen molar-refractivity contribution in [1.82, 2.24) is 9.88 Å². The van der Waals surface area contributed by atoms with Crippen molar-refractivity contribution < 1.29 is 9.53 Å². The maximum atomic E-state index is 12.6. The number of carbonyl (C=O) groups excluding carboxylic acids is 1. The van der Waals surface area contributed by atoms with Gasteiger partial charge in [-0.2, -0.15) is 0 Å². The summed E-state index contributed by atoms with van der Waals surface area (Å²) in [5, 5.41) is 4.06. The van der Waals surface area contributed by atoms with Crippen molar-refractivity contribution >= 4 is 22.9 Å². The average molecular weight is 388 g/mol. The number of benzene rings is 1.